The van der Waals surface area contributed by atoms with Crippen LogP contribution in [0.5, 0.6) is 0 Å². The summed E-state index contributed by atoms with van der Waals surface area (Å²) in [5.74, 6) is -1.36. The van der Waals surface area contributed by atoms with Gasteiger partial charge in [0.25, 0.3) is 0 Å². The van der Waals surface area contributed by atoms with Crippen molar-refractivity contribution in [2.24, 2.45) is 5.10 Å². The zero-order valence-electron chi connectivity index (χ0n) is 12.3. The van der Waals surface area contributed by atoms with Gasteiger partial charge in [-0.25, -0.2) is 4.79 Å². The third-order valence-electron chi connectivity index (χ3n) is 3.91. The zero-order valence-corrected chi connectivity index (χ0v) is 13.8. The molecule has 0 spiro atoms. The Kier molecular flexibility index (Phi) is 4.28. The molecule has 23 heavy (non-hydrogen) atoms. The van der Waals surface area contributed by atoms with Crippen molar-refractivity contribution >= 4 is 40.6 Å². The second-order valence-corrected chi connectivity index (χ2v) is 6.20. The van der Waals surface area contributed by atoms with Gasteiger partial charge in [0.2, 0.25) is 0 Å². The van der Waals surface area contributed by atoms with Gasteiger partial charge < -0.3 is 5.11 Å². The van der Waals surface area contributed by atoms with Crippen LogP contribution in [0.2, 0.25) is 10.0 Å². The number of nitrogens with zero attached hydrogens (tertiary/aromatic N) is 2. The van der Waals surface area contributed by atoms with Crippen molar-refractivity contribution in [2.75, 3.05) is 5.01 Å². The molecule has 2 aromatic rings. The van der Waals surface area contributed by atoms with E-state index in [-0.39, 0.29) is 17.7 Å². The van der Waals surface area contributed by atoms with Crippen LogP contribution in [0.3, 0.4) is 0 Å². The van der Waals surface area contributed by atoms with Gasteiger partial charge in [0.1, 0.15) is 0 Å². The molecule has 2 aromatic carbocycles. The molecule has 0 aromatic heterocycles. The Bertz CT molecular complexity index is 777. The standard InChI is InChI=1S/C17H14Cl2N2O2/c1-10-15(11-5-3-2-4-6-11)16(17(22)23)20-21(10)14-8-7-12(18)9-13(14)19/h2-10,15H,1H3,(H,22,23)/t10-,15+/m1/s1. The molecule has 1 aliphatic heterocycles. The van der Waals surface area contributed by atoms with Crippen molar-refractivity contribution in [3.05, 3.63) is 64.1 Å². The number of carboxylic acids is 1. The van der Waals surface area contributed by atoms with Crippen molar-refractivity contribution in [1.29, 1.82) is 0 Å². The highest BCUT2D eigenvalue weighted by molar-refractivity contribution is 6.39. The van der Waals surface area contributed by atoms with Crippen LogP contribution in [-0.4, -0.2) is 22.8 Å². The maximum absolute atomic E-state index is 11.6. The molecule has 1 N–H and O–H groups in total. The molecule has 118 valence electrons. The number of benzene rings is 2. The second kappa shape index (κ2) is 6.22. The van der Waals surface area contributed by atoms with Gasteiger partial charge in [-0.2, -0.15) is 5.10 Å². The fraction of sp³-hybridized carbons (Fsp3) is 0.176. The van der Waals surface area contributed by atoms with Gasteiger partial charge in [0.15, 0.2) is 5.71 Å². The number of hydrogen-bond donors (Lipinski definition) is 1. The summed E-state index contributed by atoms with van der Waals surface area (Å²) in [5.41, 5.74) is 1.66. The van der Waals surface area contributed by atoms with Crippen LogP contribution >= 0.6 is 23.2 Å². The summed E-state index contributed by atoms with van der Waals surface area (Å²) in [7, 11) is 0. The van der Waals surface area contributed by atoms with Gasteiger partial charge in [0.05, 0.1) is 22.7 Å². The molecule has 3 rings (SSSR count). The van der Waals surface area contributed by atoms with E-state index in [0.717, 1.165) is 5.56 Å². The topological polar surface area (TPSA) is 52.9 Å². The van der Waals surface area contributed by atoms with Gasteiger partial charge in [-0.1, -0.05) is 53.5 Å². The number of halogens is 2. The predicted molar refractivity (Wildman–Crippen MR) is 92.7 cm³/mol. The number of carbonyl (C=O) groups is 1. The smallest absolute Gasteiger partial charge is 0.352 e. The van der Waals surface area contributed by atoms with E-state index in [0.29, 0.717) is 15.7 Å². The zero-order chi connectivity index (χ0) is 16.6. The molecule has 2 atom stereocenters. The Morgan fingerprint density at radius 1 is 1.17 bits per heavy atom. The van der Waals surface area contributed by atoms with Gasteiger partial charge in [-0.15, -0.1) is 0 Å². The van der Waals surface area contributed by atoms with E-state index in [1.807, 2.05) is 37.3 Å². The fourth-order valence-corrected chi connectivity index (χ4v) is 3.35. The lowest BCUT2D eigenvalue weighted by molar-refractivity contribution is -0.129. The number of rotatable bonds is 3. The molecule has 1 heterocycles. The van der Waals surface area contributed by atoms with Crippen LogP contribution in [0.25, 0.3) is 0 Å². The summed E-state index contributed by atoms with van der Waals surface area (Å²) < 4.78 is 0. The van der Waals surface area contributed by atoms with Gasteiger partial charge >= 0.3 is 5.97 Å². The molecule has 6 heteroatoms. The monoisotopic (exact) mass is 348 g/mol. The van der Waals surface area contributed by atoms with E-state index in [1.54, 1.807) is 23.2 Å². The number of carboxylic acid groups (broad SMARTS) is 1. The summed E-state index contributed by atoms with van der Waals surface area (Å²) >= 11 is 12.2. The van der Waals surface area contributed by atoms with E-state index in [4.69, 9.17) is 23.2 Å². The largest absolute Gasteiger partial charge is 0.477 e. The van der Waals surface area contributed by atoms with Crippen LogP contribution in [0, 0.1) is 0 Å². The molecular formula is C17H14Cl2N2O2. The summed E-state index contributed by atoms with van der Waals surface area (Å²) in [6, 6.07) is 14.4. The lowest BCUT2D eigenvalue weighted by Gasteiger charge is -2.25. The molecular weight excluding hydrogens is 335 g/mol. The van der Waals surface area contributed by atoms with Gasteiger partial charge in [-0.3, -0.25) is 5.01 Å². The lowest BCUT2D eigenvalue weighted by Crippen LogP contribution is -2.30. The summed E-state index contributed by atoms with van der Waals surface area (Å²) in [5, 5.41) is 16.4. The lowest BCUT2D eigenvalue weighted by atomic mass is 9.89. The summed E-state index contributed by atoms with van der Waals surface area (Å²) in [4.78, 5) is 11.6. The van der Waals surface area contributed by atoms with Crippen molar-refractivity contribution in [2.45, 2.75) is 18.9 Å². The quantitative estimate of drug-likeness (QED) is 0.892. The van der Waals surface area contributed by atoms with E-state index in [1.165, 1.54) is 0 Å². The third-order valence-corrected chi connectivity index (χ3v) is 4.45. The van der Waals surface area contributed by atoms with Crippen LogP contribution in [0.15, 0.2) is 53.6 Å². The van der Waals surface area contributed by atoms with E-state index < -0.39 is 5.97 Å². The van der Waals surface area contributed by atoms with E-state index in [9.17, 15) is 9.90 Å². The average molecular weight is 349 g/mol. The Balaban J connectivity index is 2.06. The highest BCUT2D eigenvalue weighted by Gasteiger charge is 2.40. The van der Waals surface area contributed by atoms with Crippen LogP contribution in [0.4, 0.5) is 5.69 Å². The summed E-state index contributed by atoms with van der Waals surface area (Å²) in [6.07, 6.45) is 0. The van der Waals surface area contributed by atoms with Crippen LogP contribution in [0.1, 0.15) is 18.4 Å². The molecule has 0 saturated carbocycles. The first kappa shape index (κ1) is 15.8. The normalized spacial score (nSPS) is 20.5. The first-order valence-corrected chi connectivity index (χ1v) is 7.85. The molecule has 1 aliphatic rings. The molecule has 0 aliphatic carbocycles. The van der Waals surface area contributed by atoms with Crippen molar-refractivity contribution in [3.63, 3.8) is 0 Å². The first-order chi connectivity index (χ1) is 11.0. The van der Waals surface area contributed by atoms with Gasteiger partial charge in [-0.05, 0) is 30.7 Å². The predicted octanol–water partition coefficient (Wildman–Crippen LogP) is 4.43. The number of hydrazone groups is 1. The van der Waals surface area contributed by atoms with Crippen molar-refractivity contribution in [3.8, 4) is 0 Å². The van der Waals surface area contributed by atoms with E-state index >= 15 is 0 Å². The fourth-order valence-electron chi connectivity index (χ4n) is 2.85. The average Bonchev–Trinajstić information content (AvgIpc) is 2.86. The SMILES string of the molecule is C[C@@H]1[C@@H](c2ccccc2)C(C(=O)O)=NN1c1ccc(Cl)cc1Cl. The Labute approximate surface area is 143 Å². The van der Waals surface area contributed by atoms with Crippen molar-refractivity contribution < 1.29 is 9.90 Å². The maximum Gasteiger partial charge on any atom is 0.352 e. The Morgan fingerprint density at radius 2 is 1.87 bits per heavy atom. The minimum atomic E-state index is -1.03. The minimum Gasteiger partial charge on any atom is -0.477 e. The molecule has 0 unspecified atom stereocenters. The van der Waals surface area contributed by atoms with Crippen molar-refractivity contribution in [1.82, 2.24) is 0 Å². The Hall–Kier alpha value is -2.04. The molecule has 0 fully saturated rings. The molecule has 0 radical (unpaired) electrons. The highest BCUT2D eigenvalue weighted by atomic mass is 35.5. The van der Waals surface area contributed by atoms with Crippen LogP contribution in [-0.2, 0) is 4.79 Å². The number of hydrogen-bond acceptors (Lipinski definition) is 3. The molecule has 4 nitrogen and oxygen atoms in total. The molecule has 0 amide bonds. The molecule has 0 bridgehead atoms. The first-order valence-electron chi connectivity index (χ1n) is 7.10. The second-order valence-electron chi connectivity index (χ2n) is 5.36. The number of anilines is 1. The van der Waals surface area contributed by atoms with Gasteiger partial charge in [0, 0.05) is 5.02 Å². The summed E-state index contributed by atoms with van der Waals surface area (Å²) in [6.45, 7) is 1.93. The Morgan fingerprint density at radius 3 is 2.48 bits per heavy atom. The third kappa shape index (κ3) is 2.92. The maximum atomic E-state index is 11.6. The molecule has 0 saturated heterocycles. The number of aliphatic carboxylic acids is 1. The highest BCUT2D eigenvalue weighted by Crippen LogP contribution is 2.38. The van der Waals surface area contributed by atoms with Crippen LogP contribution < -0.4 is 5.01 Å². The minimum absolute atomic E-state index is 0.106. The van der Waals surface area contributed by atoms with E-state index in [2.05, 4.69) is 5.10 Å².